The Hall–Kier alpha value is -3.53. The molecule has 2 aromatic heterocycles. The zero-order chi connectivity index (χ0) is 18.6. The Morgan fingerprint density at radius 3 is 2.56 bits per heavy atom. The molecule has 0 saturated carbocycles. The van der Waals surface area contributed by atoms with Crippen molar-refractivity contribution < 1.29 is 9.34 Å². The van der Waals surface area contributed by atoms with Crippen LogP contribution in [0.5, 0.6) is 0 Å². The maximum Gasteiger partial charge on any atom is 0.269 e. The lowest BCUT2D eigenvalue weighted by Gasteiger charge is -2.04. The Bertz CT molecular complexity index is 1060. The highest BCUT2D eigenvalue weighted by atomic mass is 32.2. The molecule has 0 aliphatic heterocycles. The quantitative estimate of drug-likeness (QED) is 0.284. The first-order valence-electron chi connectivity index (χ1n) is 7.86. The number of hydrogen-bond donors (Lipinski definition) is 0. The smallest absolute Gasteiger partial charge is 0.269 e. The summed E-state index contributed by atoms with van der Waals surface area (Å²) in [7, 11) is 0. The van der Waals surface area contributed by atoms with Crippen molar-refractivity contribution in [1.29, 1.82) is 0 Å². The number of benzene rings is 2. The van der Waals surface area contributed by atoms with Crippen LogP contribution in [0.15, 0.2) is 70.5 Å². The Kier molecular flexibility index (Phi) is 4.62. The molecule has 134 valence electrons. The molecule has 0 saturated heterocycles. The first-order chi connectivity index (χ1) is 13.2. The number of rotatable bonds is 6. The minimum Gasteiger partial charge on any atom is -0.420 e. The Morgan fingerprint density at radius 1 is 1.04 bits per heavy atom. The molecule has 0 radical (unpaired) electrons. The third-order valence-electron chi connectivity index (χ3n) is 3.67. The fourth-order valence-corrected chi connectivity index (χ4v) is 3.13. The Balaban J connectivity index is 1.46. The van der Waals surface area contributed by atoms with Crippen LogP contribution in [-0.2, 0) is 5.75 Å². The van der Waals surface area contributed by atoms with E-state index in [4.69, 9.17) is 4.42 Å². The van der Waals surface area contributed by atoms with Crippen LogP contribution in [0.3, 0.4) is 0 Å². The van der Waals surface area contributed by atoms with Gasteiger partial charge in [0.25, 0.3) is 5.69 Å². The van der Waals surface area contributed by atoms with E-state index in [1.807, 2.05) is 34.9 Å². The largest absolute Gasteiger partial charge is 0.420 e. The standard InChI is InChI=1S/C17H12N6O3S/c24-23(25)14-8-6-12(7-9-14)16-20-19-15(26-16)10-27-17-21-18-11-22(17)13-4-2-1-3-5-13/h1-9,11H,10H2. The number of para-hydroxylation sites is 1. The third-order valence-corrected chi connectivity index (χ3v) is 4.60. The maximum atomic E-state index is 10.7. The highest BCUT2D eigenvalue weighted by Gasteiger charge is 2.13. The second-order valence-corrected chi connectivity index (χ2v) is 6.36. The van der Waals surface area contributed by atoms with Crippen LogP contribution in [0.2, 0.25) is 0 Å². The van der Waals surface area contributed by atoms with E-state index in [1.165, 1.54) is 23.9 Å². The van der Waals surface area contributed by atoms with Gasteiger partial charge in [-0.15, -0.1) is 20.4 Å². The van der Waals surface area contributed by atoms with Gasteiger partial charge in [0.1, 0.15) is 6.33 Å². The molecule has 0 aliphatic carbocycles. The van der Waals surface area contributed by atoms with Gasteiger partial charge in [-0.3, -0.25) is 14.7 Å². The third kappa shape index (κ3) is 3.70. The molecule has 2 heterocycles. The van der Waals surface area contributed by atoms with Crippen molar-refractivity contribution in [3.8, 4) is 17.1 Å². The number of non-ortho nitro benzene ring substituents is 1. The molecule has 0 spiro atoms. The van der Waals surface area contributed by atoms with Gasteiger partial charge in [0.2, 0.25) is 11.8 Å². The first-order valence-corrected chi connectivity index (χ1v) is 8.85. The van der Waals surface area contributed by atoms with Crippen LogP contribution in [0, 0.1) is 10.1 Å². The second kappa shape index (κ2) is 7.38. The van der Waals surface area contributed by atoms with Gasteiger partial charge in [0.05, 0.1) is 10.7 Å². The molecule has 4 rings (SSSR count). The summed E-state index contributed by atoms with van der Waals surface area (Å²) < 4.78 is 7.52. The number of nitro groups is 1. The van der Waals surface area contributed by atoms with Gasteiger partial charge >= 0.3 is 0 Å². The summed E-state index contributed by atoms with van der Waals surface area (Å²) in [6, 6.07) is 15.7. The van der Waals surface area contributed by atoms with Crippen molar-refractivity contribution >= 4 is 17.4 Å². The van der Waals surface area contributed by atoms with E-state index in [9.17, 15) is 10.1 Å². The number of nitrogens with zero attached hydrogens (tertiary/aromatic N) is 6. The van der Waals surface area contributed by atoms with Crippen molar-refractivity contribution in [2.45, 2.75) is 10.9 Å². The van der Waals surface area contributed by atoms with E-state index in [2.05, 4.69) is 20.4 Å². The van der Waals surface area contributed by atoms with E-state index < -0.39 is 4.92 Å². The van der Waals surface area contributed by atoms with Crippen molar-refractivity contribution in [2.24, 2.45) is 0 Å². The van der Waals surface area contributed by atoms with Gasteiger partial charge in [0.15, 0.2) is 5.16 Å². The van der Waals surface area contributed by atoms with Crippen molar-refractivity contribution in [3.05, 3.63) is 76.9 Å². The number of aromatic nitrogens is 5. The molecule has 2 aromatic carbocycles. The number of hydrogen-bond acceptors (Lipinski definition) is 8. The molecular weight excluding hydrogens is 368 g/mol. The summed E-state index contributed by atoms with van der Waals surface area (Å²) >= 11 is 1.42. The van der Waals surface area contributed by atoms with Crippen LogP contribution < -0.4 is 0 Å². The summed E-state index contributed by atoms with van der Waals surface area (Å²) in [5.74, 6) is 1.16. The van der Waals surface area contributed by atoms with Gasteiger partial charge in [-0.1, -0.05) is 30.0 Å². The summed E-state index contributed by atoms with van der Waals surface area (Å²) in [5, 5.41) is 27.5. The van der Waals surface area contributed by atoms with Gasteiger partial charge in [-0.25, -0.2) is 0 Å². The number of nitro benzene ring substituents is 1. The Morgan fingerprint density at radius 2 is 1.81 bits per heavy atom. The minimum absolute atomic E-state index is 0.00860. The molecule has 0 amide bonds. The maximum absolute atomic E-state index is 10.7. The summed E-state index contributed by atoms with van der Waals surface area (Å²) in [6.45, 7) is 0. The molecule has 0 atom stereocenters. The molecular formula is C17H12N6O3S. The topological polar surface area (TPSA) is 113 Å². The SMILES string of the molecule is O=[N+]([O-])c1ccc(-c2nnc(CSc3nncn3-c3ccccc3)o2)cc1. The van der Waals surface area contributed by atoms with Crippen LogP contribution in [0.25, 0.3) is 17.1 Å². The molecule has 0 N–H and O–H groups in total. The lowest BCUT2D eigenvalue weighted by Crippen LogP contribution is -1.94. The average Bonchev–Trinajstić information content (AvgIpc) is 3.36. The van der Waals surface area contributed by atoms with Gasteiger partial charge in [0, 0.05) is 23.4 Å². The summed E-state index contributed by atoms with van der Waals surface area (Å²) in [4.78, 5) is 10.3. The van der Waals surface area contributed by atoms with Crippen LogP contribution in [0.1, 0.15) is 5.89 Å². The summed E-state index contributed by atoms with van der Waals surface area (Å²) in [6.07, 6.45) is 1.65. The van der Waals surface area contributed by atoms with E-state index in [0.717, 1.165) is 5.69 Å². The lowest BCUT2D eigenvalue weighted by molar-refractivity contribution is -0.384. The molecule has 0 bridgehead atoms. The molecule has 4 aromatic rings. The predicted octanol–water partition coefficient (Wildman–Crippen LogP) is 3.52. The summed E-state index contributed by atoms with van der Waals surface area (Å²) in [5.41, 5.74) is 1.59. The van der Waals surface area contributed by atoms with Gasteiger partial charge in [-0.05, 0) is 24.3 Å². The zero-order valence-corrected chi connectivity index (χ0v) is 14.6. The zero-order valence-electron chi connectivity index (χ0n) is 13.8. The van der Waals surface area contributed by atoms with E-state index in [-0.39, 0.29) is 5.69 Å². The monoisotopic (exact) mass is 380 g/mol. The highest BCUT2D eigenvalue weighted by Crippen LogP contribution is 2.25. The van der Waals surface area contributed by atoms with Crippen molar-refractivity contribution in [2.75, 3.05) is 0 Å². The van der Waals surface area contributed by atoms with E-state index in [1.54, 1.807) is 18.5 Å². The fraction of sp³-hybridized carbons (Fsp3) is 0.0588. The molecule has 0 fully saturated rings. The molecule has 0 unspecified atom stereocenters. The molecule has 27 heavy (non-hydrogen) atoms. The van der Waals surface area contributed by atoms with Crippen molar-refractivity contribution in [3.63, 3.8) is 0 Å². The Labute approximate surface area is 157 Å². The average molecular weight is 380 g/mol. The second-order valence-electron chi connectivity index (χ2n) is 5.41. The molecule has 0 aliphatic rings. The van der Waals surface area contributed by atoms with Crippen molar-refractivity contribution in [1.82, 2.24) is 25.0 Å². The number of thioether (sulfide) groups is 1. The van der Waals surface area contributed by atoms with Crippen LogP contribution >= 0.6 is 11.8 Å². The van der Waals surface area contributed by atoms with Gasteiger partial charge < -0.3 is 4.42 Å². The normalized spacial score (nSPS) is 10.8. The van der Waals surface area contributed by atoms with Gasteiger partial charge in [-0.2, -0.15) is 0 Å². The molecule has 9 nitrogen and oxygen atoms in total. The van der Waals surface area contributed by atoms with E-state index in [0.29, 0.717) is 28.3 Å². The van der Waals surface area contributed by atoms with E-state index >= 15 is 0 Å². The predicted molar refractivity (Wildman–Crippen MR) is 97.3 cm³/mol. The molecule has 10 heteroatoms. The lowest BCUT2D eigenvalue weighted by atomic mass is 10.2. The highest BCUT2D eigenvalue weighted by molar-refractivity contribution is 7.98. The first kappa shape index (κ1) is 16.9. The minimum atomic E-state index is -0.456. The fourth-order valence-electron chi connectivity index (χ4n) is 2.37. The van der Waals surface area contributed by atoms with Crippen LogP contribution in [-0.4, -0.2) is 29.9 Å². The van der Waals surface area contributed by atoms with Crippen LogP contribution in [0.4, 0.5) is 5.69 Å².